The summed E-state index contributed by atoms with van der Waals surface area (Å²) in [7, 11) is 0. The van der Waals surface area contributed by atoms with Crippen LogP contribution in [0.4, 0.5) is 4.79 Å². The summed E-state index contributed by atoms with van der Waals surface area (Å²) in [5, 5.41) is 10.6. The summed E-state index contributed by atoms with van der Waals surface area (Å²) in [5.74, 6) is 0.699. The summed E-state index contributed by atoms with van der Waals surface area (Å²) in [5.41, 5.74) is 0.802. The fraction of sp³-hybridized carbons (Fsp3) is 0.892. The highest BCUT2D eigenvalue weighted by Gasteiger charge is 2.72. The summed E-state index contributed by atoms with van der Waals surface area (Å²) in [6.45, 7) is 23.0. The lowest BCUT2D eigenvalue weighted by Crippen LogP contribution is -2.67. The van der Waals surface area contributed by atoms with E-state index in [1.165, 1.54) is 5.57 Å². The number of carbonyl (C=O) groups excluding carboxylic acids is 1. The Morgan fingerprint density at radius 1 is 0.864 bits per heavy atom. The highest BCUT2D eigenvalue weighted by Crippen LogP contribution is 2.77. The van der Waals surface area contributed by atoms with E-state index in [9.17, 15) is 14.7 Å². The molecule has 7 heteroatoms. The predicted octanol–water partition coefficient (Wildman–Crippen LogP) is 8.40. The zero-order chi connectivity index (χ0) is 32.1. The van der Waals surface area contributed by atoms with E-state index in [2.05, 4.69) is 48.1 Å². The van der Waals surface area contributed by atoms with Crippen molar-refractivity contribution in [1.82, 2.24) is 0 Å². The Bertz CT molecular complexity index is 1190. The number of rotatable bonds is 5. The Hall–Kier alpha value is -1.60. The number of carbonyl (C=O) groups is 2. The fourth-order valence-corrected chi connectivity index (χ4v) is 12.9. The molecule has 6 fully saturated rings. The van der Waals surface area contributed by atoms with Crippen LogP contribution in [0.25, 0.3) is 0 Å². The summed E-state index contributed by atoms with van der Waals surface area (Å²) >= 11 is 0. The monoisotopic (exact) mass is 614 g/mol. The molecule has 248 valence electrons. The molecule has 6 rings (SSSR count). The van der Waals surface area contributed by atoms with Crippen LogP contribution < -0.4 is 0 Å². The van der Waals surface area contributed by atoms with E-state index in [0.717, 1.165) is 64.2 Å². The zero-order valence-corrected chi connectivity index (χ0v) is 28.6. The first-order valence-corrected chi connectivity index (χ1v) is 17.5. The van der Waals surface area contributed by atoms with E-state index in [4.69, 9.17) is 18.9 Å². The molecule has 0 aromatic rings. The van der Waals surface area contributed by atoms with Crippen LogP contribution in [0.3, 0.4) is 0 Å². The summed E-state index contributed by atoms with van der Waals surface area (Å²) in [6.07, 6.45) is 8.87. The van der Waals surface area contributed by atoms with Gasteiger partial charge in [0.05, 0.1) is 12.0 Å². The van der Waals surface area contributed by atoms with Crippen LogP contribution in [0.5, 0.6) is 0 Å². The van der Waals surface area contributed by atoms with Gasteiger partial charge in [-0.15, -0.1) is 0 Å². The molecule has 11 atom stereocenters. The predicted molar refractivity (Wildman–Crippen MR) is 168 cm³/mol. The van der Waals surface area contributed by atoms with E-state index >= 15 is 0 Å². The van der Waals surface area contributed by atoms with Gasteiger partial charge in [-0.05, 0) is 131 Å². The Morgan fingerprint density at radius 2 is 1.59 bits per heavy atom. The lowest BCUT2D eigenvalue weighted by Gasteiger charge is -2.72. The van der Waals surface area contributed by atoms with E-state index in [0.29, 0.717) is 30.3 Å². The molecule has 0 spiro atoms. The molecule has 7 nitrogen and oxygen atoms in total. The van der Waals surface area contributed by atoms with Crippen molar-refractivity contribution in [1.29, 1.82) is 0 Å². The highest BCUT2D eigenvalue weighted by molar-refractivity contribution is 5.76. The maximum Gasteiger partial charge on any atom is 0.508 e. The lowest BCUT2D eigenvalue weighted by molar-refractivity contribution is -0.249. The number of fused-ring (bicyclic) bond motifs is 7. The smallest absolute Gasteiger partial charge is 0.481 e. The van der Waals surface area contributed by atoms with Crippen LogP contribution >= 0.6 is 0 Å². The molecule has 6 aliphatic rings. The average Bonchev–Trinajstić information content (AvgIpc) is 3.50. The van der Waals surface area contributed by atoms with Crippen molar-refractivity contribution in [3.05, 3.63) is 12.2 Å². The number of carboxylic acid groups (broad SMARTS) is 1. The molecule has 5 aliphatic carbocycles. The molecule has 5 saturated carbocycles. The first-order chi connectivity index (χ1) is 20.4. The SMILES string of the molecule is C=C(C)C1CC[C@]2(C(=O)O)CCC3(C)C(CCC4C5(C)CCC(OC(=O)OCC6COC(C)(C)O6)C(C)(C)C5CCC43C)C12. The standard InChI is InChI=1S/C37H58O7/c1-22(2)24-12-17-37(30(38)39)19-18-35(8)25(29(24)37)10-11-27-34(7)15-14-28(32(3,4)26(34)13-16-36(27,35)9)43-31(40)41-20-23-21-42-33(5,6)44-23/h23-29H,1,10-21H2,2-9H3,(H,38,39)/t23?,24?,25?,26?,27?,28?,29?,34?,35?,36?,37-/m0/s1. The normalized spacial score (nSPS) is 48.7. The largest absolute Gasteiger partial charge is 0.508 e. The van der Waals surface area contributed by atoms with E-state index < -0.39 is 23.3 Å². The first kappa shape index (κ1) is 32.3. The maximum atomic E-state index is 12.9. The van der Waals surface area contributed by atoms with Crippen molar-refractivity contribution in [2.24, 2.45) is 56.7 Å². The molecule has 44 heavy (non-hydrogen) atoms. The van der Waals surface area contributed by atoms with Crippen molar-refractivity contribution < 1.29 is 33.6 Å². The third-order valence-electron chi connectivity index (χ3n) is 15.1. The second-order valence-electron chi connectivity index (χ2n) is 17.6. The number of hydrogen-bond donors (Lipinski definition) is 1. The minimum Gasteiger partial charge on any atom is -0.481 e. The number of ether oxygens (including phenoxy) is 4. The minimum atomic E-state index is -0.653. The molecule has 1 aliphatic heterocycles. The number of allylic oxidation sites excluding steroid dienone is 1. The fourth-order valence-electron chi connectivity index (χ4n) is 12.9. The van der Waals surface area contributed by atoms with Crippen LogP contribution in [-0.4, -0.2) is 48.4 Å². The number of carboxylic acids is 1. The summed E-state index contributed by atoms with van der Waals surface area (Å²) < 4.78 is 23.0. The number of aliphatic carboxylic acids is 1. The maximum absolute atomic E-state index is 12.9. The Morgan fingerprint density at radius 3 is 2.23 bits per heavy atom. The Kier molecular flexibility index (Phi) is 7.68. The zero-order valence-electron chi connectivity index (χ0n) is 28.6. The molecule has 0 bridgehead atoms. The van der Waals surface area contributed by atoms with Crippen LogP contribution in [0, 0.1) is 56.7 Å². The van der Waals surface area contributed by atoms with Crippen LogP contribution in [0.1, 0.15) is 120 Å². The summed E-state index contributed by atoms with van der Waals surface area (Å²) in [6, 6.07) is 0. The van der Waals surface area contributed by atoms with Gasteiger partial charge in [0, 0.05) is 5.41 Å². The molecular formula is C37H58O7. The van der Waals surface area contributed by atoms with Gasteiger partial charge in [-0.3, -0.25) is 4.79 Å². The second kappa shape index (κ2) is 10.5. The van der Waals surface area contributed by atoms with Gasteiger partial charge in [0.25, 0.3) is 0 Å². The molecule has 0 aromatic carbocycles. The molecule has 1 heterocycles. The van der Waals surface area contributed by atoms with Gasteiger partial charge < -0.3 is 24.1 Å². The van der Waals surface area contributed by atoms with E-state index in [-0.39, 0.29) is 46.4 Å². The molecule has 10 unspecified atom stereocenters. The van der Waals surface area contributed by atoms with Crippen molar-refractivity contribution in [2.45, 2.75) is 138 Å². The molecule has 1 N–H and O–H groups in total. The van der Waals surface area contributed by atoms with Crippen molar-refractivity contribution in [3.8, 4) is 0 Å². The van der Waals surface area contributed by atoms with Gasteiger partial charge in [-0.25, -0.2) is 4.79 Å². The Labute approximate surface area is 265 Å². The minimum absolute atomic E-state index is 0.105. The topological polar surface area (TPSA) is 91.3 Å². The molecule has 1 saturated heterocycles. The first-order valence-electron chi connectivity index (χ1n) is 17.5. The van der Waals surface area contributed by atoms with Gasteiger partial charge in [0.1, 0.15) is 18.8 Å². The molecule has 0 aromatic heterocycles. The van der Waals surface area contributed by atoms with E-state index in [1.807, 2.05) is 13.8 Å². The van der Waals surface area contributed by atoms with Gasteiger partial charge in [0.15, 0.2) is 5.79 Å². The number of hydrogen-bond acceptors (Lipinski definition) is 6. The Balaban J connectivity index is 1.20. The van der Waals surface area contributed by atoms with E-state index in [1.54, 1.807) is 0 Å². The van der Waals surface area contributed by atoms with Gasteiger partial charge in [-0.2, -0.15) is 0 Å². The van der Waals surface area contributed by atoms with Crippen LogP contribution in [0.15, 0.2) is 12.2 Å². The third-order valence-corrected chi connectivity index (χ3v) is 15.1. The quantitative estimate of drug-likeness (QED) is 0.246. The lowest BCUT2D eigenvalue weighted by atomic mass is 9.32. The summed E-state index contributed by atoms with van der Waals surface area (Å²) in [4.78, 5) is 25.8. The van der Waals surface area contributed by atoms with Crippen molar-refractivity contribution in [2.75, 3.05) is 13.2 Å². The van der Waals surface area contributed by atoms with Gasteiger partial charge >= 0.3 is 12.1 Å². The molecule has 0 amide bonds. The van der Waals surface area contributed by atoms with Crippen LogP contribution in [0.2, 0.25) is 0 Å². The van der Waals surface area contributed by atoms with Gasteiger partial charge in [-0.1, -0.05) is 46.8 Å². The second-order valence-corrected chi connectivity index (χ2v) is 17.6. The van der Waals surface area contributed by atoms with Gasteiger partial charge in [0.2, 0.25) is 0 Å². The van der Waals surface area contributed by atoms with Crippen molar-refractivity contribution in [3.63, 3.8) is 0 Å². The average molecular weight is 615 g/mol. The molecular weight excluding hydrogens is 556 g/mol. The third kappa shape index (κ3) is 4.55. The van der Waals surface area contributed by atoms with Crippen molar-refractivity contribution >= 4 is 12.1 Å². The molecule has 0 radical (unpaired) electrons. The van der Waals surface area contributed by atoms with Crippen LogP contribution in [-0.2, 0) is 23.7 Å². The highest BCUT2D eigenvalue weighted by atomic mass is 16.8.